The van der Waals surface area contributed by atoms with E-state index in [9.17, 15) is 24.0 Å². The molecule has 6 N–H and O–H groups in total. The Morgan fingerprint density at radius 1 is 0.955 bits per heavy atom. The number of hydrogen-bond acceptors (Lipinski definition) is 5. The zero-order valence-corrected chi connectivity index (χ0v) is 12.0. The fourth-order valence-corrected chi connectivity index (χ4v) is 1.60. The summed E-state index contributed by atoms with van der Waals surface area (Å²) in [5.74, 6) is -4.64. The second kappa shape index (κ2) is 9.32. The van der Waals surface area contributed by atoms with Crippen LogP contribution in [0.5, 0.6) is 0 Å². The first kappa shape index (κ1) is 19.4. The fraction of sp³-hybridized carbons (Fsp3) is 0.583. The third-order valence-electron chi connectivity index (χ3n) is 2.63. The second-order valence-electron chi connectivity index (χ2n) is 4.59. The largest absolute Gasteiger partial charge is 0.481 e. The van der Waals surface area contributed by atoms with Gasteiger partial charge in [-0.1, -0.05) is 0 Å². The minimum Gasteiger partial charge on any atom is -0.481 e. The van der Waals surface area contributed by atoms with Crippen molar-refractivity contribution in [3.63, 3.8) is 0 Å². The number of primary amides is 1. The number of carbonyl (C=O) groups excluding carboxylic acids is 3. The molecule has 124 valence electrons. The number of nitrogens with two attached hydrogens (primary N) is 1. The van der Waals surface area contributed by atoms with E-state index in [0.29, 0.717) is 0 Å². The average molecular weight is 317 g/mol. The Labute approximate surface area is 126 Å². The van der Waals surface area contributed by atoms with Gasteiger partial charge < -0.3 is 26.6 Å². The quantitative estimate of drug-likeness (QED) is 0.315. The standard InChI is InChI=1S/C12H19N3O7/c1-6(16)14-7(3-5-10(18)19)11(20)15-8(12(21)22)2-4-9(13)17/h7-8H,2-5H2,1H3,(H2,13,17)(H,14,16)(H,15,20)(H,18,19)(H,21,22). The van der Waals surface area contributed by atoms with Crippen LogP contribution in [0.15, 0.2) is 0 Å². The van der Waals surface area contributed by atoms with Crippen LogP contribution in [0.1, 0.15) is 32.6 Å². The van der Waals surface area contributed by atoms with Gasteiger partial charge in [-0.25, -0.2) is 4.79 Å². The molecule has 0 aliphatic rings. The second-order valence-corrected chi connectivity index (χ2v) is 4.59. The van der Waals surface area contributed by atoms with Crippen LogP contribution >= 0.6 is 0 Å². The summed E-state index contributed by atoms with van der Waals surface area (Å²) in [6.07, 6.45) is -1.01. The Morgan fingerprint density at radius 2 is 1.50 bits per heavy atom. The lowest BCUT2D eigenvalue weighted by molar-refractivity contribution is -0.143. The van der Waals surface area contributed by atoms with Crippen molar-refractivity contribution in [2.45, 2.75) is 44.7 Å². The van der Waals surface area contributed by atoms with Crippen LogP contribution in [0.3, 0.4) is 0 Å². The molecule has 2 unspecified atom stereocenters. The third kappa shape index (κ3) is 8.51. The van der Waals surface area contributed by atoms with Gasteiger partial charge >= 0.3 is 11.9 Å². The van der Waals surface area contributed by atoms with Crippen LogP contribution in [0, 0.1) is 0 Å². The predicted octanol–water partition coefficient (Wildman–Crippen LogP) is -1.81. The molecule has 10 heteroatoms. The molecule has 0 saturated heterocycles. The van der Waals surface area contributed by atoms with Crippen molar-refractivity contribution >= 4 is 29.7 Å². The van der Waals surface area contributed by atoms with Gasteiger partial charge in [-0.05, 0) is 12.8 Å². The van der Waals surface area contributed by atoms with Gasteiger partial charge in [0.2, 0.25) is 17.7 Å². The molecule has 3 amide bonds. The number of carboxylic acid groups (broad SMARTS) is 2. The Bertz CT molecular complexity index is 464. The zero-order chi connectivity index (χ0) is 17.3. The number of carbonyl (C=O) groups is 5. The SMILES string of the molecule is CC(=O)NC(CCC(=O)O)C(=O)NC(CCC(N)=O)C(=O)O. The summed E-state index contributed by atoms with van der Waals surface area (Å²) in [6, 6.07) is -2.54. The smallest absolute Gasteiger partial charge is 0.326 e. The van der Waals surface area contributed by atoms with Crippen LogP contribution < -0.4 is 16.4 Å². The molecule has 22 heavy (non-hydrogen) atoms. The van der Waals surface area contributed by atoms with Gasteiger partial charge in [0.15, 0.2) is 0 Å². The fourth-order valence-electron chi connectivity index (χ4n) is 1.60. The highest BCUT2D eigenvalue weighted by Gasteiger charge is 2.26. The van der Waals surface area contributed by atoms with Crippen molar-refractivity contribution in [2.75, 3.05) is 0 Å². The van der Waals surface area contributed by atoms with E-state index in [4.69, 9.17) is 15.9 Å². The Morgan fingerprint density at radius 3 is 1.91 bits per heavy atom. The van der Waals surface area contributed by atoms with Crippen LogP contribution in [-0.2, 0) is 24.0 Å². The first-order valence-corrected chi connectivity index (χ1v) is 6.43. The van der Waals surface area contributed by atoms with Crippen molar-refractivity contribution in [2.24, 2.45) is 5.73 Å². The molecule has 0 aliphatic heterocycles. The summed E-state index contributed by atoms with van der Waals surface area (Å²) < 4.78 is 0. The highest BCUT2D eigenvalue weighted by Crippen LogP contribution is 2.02. The highest BCUT2D eigenvalue weighted by molar-refractivity contribution is 5.90. The molecular formula is C12H19N3O7. The van der Waals surface area contributed by atoms with Crippen molar-refractivity contribution in [1.82, 2.24) is 10.6 Å². The molecule has 0 fully saturated rings. The van der Waals surface area contributed by atoms with Gasteiger partial charge in [0.1, 0.15) is 12.1 Å². The van der Waals surface area contributed by atoms with E-state index < -0.39 is 41.7 Å². The lowest BCUT2D eigenvalue weighted by Crippen LogP contribution is -2.51. The molecule has 0 rings (SSSR count). The molecule has 2 atom stereocenters. The molecule has 10 nitrogen and oxygen atoms in total. The van der Waals surface area contributed by atoms with Gasteiger partial charge in [-0.2, -0.15) is 0 Å². The maximum Gasteiger partial charge on any atom is 0.326 e. The summed E-state index contributed by atoms with van der Waals surface area (Å²) >= 11 is 0. The van der Waals surface area contributed by atoms with Gasteiger partial charge in [0, 0.05) is 19.8 Å². The molecule has 0 bridgehead atoms. The molecule has 0 aromatic carbocycles. The Hall–Kier alpha value is -2.65. The molecule has 0 aliphatic carbocycles. The van der Waals surface area contributed by atoms with Crippen molar-refractivity contribution in [1.29, 1.82) is 0 Å². The number of aliphatic carboxylic acids is 2. The van der Waals surface area contributed by atoms with E-state index in [0.717, 1.165) is 6.92 Å². The van der Waals surface area contributed by atoms with Crippen LogP contribution in [0.4, 0.5) is 0 Å². The predicted molar refractivity (Wildman–Crippen MR) is 72.5 cm³/mol. The highest BCUT2D eigenvalue weighted by atomic mass is 16.4. The minimum atomic E-state index is -1.37. The zero-order valence-electron chi connectivity index (χ0n) is 12.0. The van der Waals surface area contributed by atoms with Crippen molar-refractivity contribution < 1.29 is 34.2 Å². The first-order chi connectivity index (χ1) is 10.1. The Balaban J connectivity index is 4.79. The van der Waals surface area contributed by atoms with E-state index in [1.807, 2.05) is 0 Å². The van der Waals surface area contributed by atoms with Gasteiger partial charge in [-0.3, -0.25) is 19.2 Å². The van der Waals surface area contributed by atoms with Gasteiger partial charge in [0.05, 0.1) is 0 Å². The summed E-state index contributed by atoms with van der Waals surface area (Å²) in [4.78, 5) is 55.2. The third-order valence-corrected chi connectivity index (χ3v) is 2.63. The van der Waals surface area contributed by atoms with Gasteiger partial charge in [-0.15, -0.1) is 0 Å². The lowest BCUT2D eigenvalue weighted by atomic mass is 10.1. The first-order valence-electron chi connectivity index (χ1n) is 6.43. The normalized spacial score (nSPS) is 12.8. The number of rotatable bonds is 10. The van der Waals surface area contributed by atoms with E-state index in [1.165, 1.54) is 0 Å². The minimum absolute atomic E-state index is 0.192. The summed E-state index contributed by atoms with van der Waals surface area (Å²) in [6.45, 7) is 1.14. The van der Waals surface area contributed by atoms with E-state index in [2.05, 4.69) is 10.6 Å². The molecule has 0 aromatic heterocycles. The van der Waals surface area contributed by atoms with E-state index in [1.54, 1.807) is 0 Å². The summed E-state index contributed by atoms with van der Waals surface area (Å²) in [7, 11) is 0. The Kier molecular flexibility index (Phi) is 8.19. The lowest BCUT2D eigenvalue weighted by Gasteiger charge is -2.20. The van der Waals surface area contributed by atoms with Crippen LogP contribution in [0.2, 0.25) is 0 Å². The average Bonchev–Trinajstić information content (AvgIpc) is 2.37. The molecule has 0 radical (unpaired) electrons. The number of carboxylic acids is 2. The maximum absolute atomic E-state index is 12.0. The van der Waals surface area contributed by atoms with E-state index >= 15 is 0 Å². The van der Waals surface area contributed by atoms with Crippen LogP contribution in [-0.4, -0.2) is 52.0 Å². The van der Waals surface area contributed by atoms with Crippen LogP contribution in [0.25, 0.3) is 0 Å². The number of hydrogen-bond donors (Lipinski definition) is 5. The number of nitrogens with one attached hydrogen (secondary N) is 2. The molecule has 0 spiro atoms. The topological polar surface area (TPSA) is 176 Å². The monoisotopic (exact) mass is 317 g/mol. The van der Waals surface area contributed by atoms with Crippen molar-refractivity contribution in [3.8, 4) is 0 Å². The molecule has 0 aromatic rings. The number of amides is 3. The van der Waals surface area contributed by atoms with Gasteiger partial charge in [0.25, 0.3) is 0 Å². The van der Waals surface area contributed by atoms with E-state index in [-0.39, 0.29) is 25.7 Å². The molecular weight excluding hydrogens is 298 g/mol. The summed E-state index contributed by atoms with van der Waals surface area (Å²) in [5.41, 5.74) is 4.91. The van der Waals surface area contributed by atoms with Crippen molar-refractivity contribution in [3.05, 3.63) is 0 Å². The summed E-state index contributed by atoms with van der Waals surface area (Å²) in [5, 5.41) is 22.0. The molecule has 0 saturated carbocycles. The molecule has 0 heterocycles. The maximum atomic E-state index is 12.0.